The molecule has 0 aliphatic heterocycles. The van der Waals surface area contributed by atoms with Crippen LogP contribution in [-0.2, 0) is 6.18 Å². The van der Waals surface area contributed by atoms with Crippen LogP contribution in [0.4, 0.5) is 54.8 Å². The van der Waals surface area contributed by atoms with E-state index in [0.717, 1.165) is 72.9 Å². The minimum Gasteiger partial charge on any atom is -0.314 e. The summed E-state index contributed by atoms with van der Waals surface area (Å²) in [5.41, 5.74) is 3.29. The summed E-state index contributed by atoms with van der Waals surface area (Å²) in [6.45, 7) is 0. The van der Waals surface area contributed by atoms with E-state index in [0.29, 0.717) is 5.69 Å². The first-order chi connectivity index (χ1) is 24.1. The number of halogens is 6. The molecule has 8 rings (SSSR count). The third-order valence-corrected chi connectivity index (χ3v) is 9.36. The van der Waals surface area contributed by atoms with Gasteiger partial charge in [0.15, 0.2) is 0 Å². The normalized spacial score (nSPS) is 13.9. The average molecular weight is 675 g/mol. The Morgan fingerprint density at radius 1 is 0.420 bits per heavy atom. The number of allylic oxidation sites excluding steroid dienone is 4. The Kier molecular flexibility index (Phi) is 7.55. The molecule has 50 heavy (non-hydrogen) atoms. The van der Waals surface area contributed by atoms with E-state index in [1.807, 2.05) is 113 Å². The SMILES string of the molecule is FC(F)(F)C1=CC=C(N(c2ccccc2)c2ccc3ccc4c(N(c5ccccc5)c5ccc(C(F)(F)F)cc5)ccc5ccc2c3c54)CC1. The molecule has 2 nitrogen and oxygen atoms in total. The van der Waals surface area contributed by atoms with Gasteiger partial charge in [0.05, 0.1) is 16.9 Å². The van der Waals surface area contributed by atoms with Crippen LogP contribution in [-0.4, -0.2) is 6.18 Å². The third kappa shape index (κ3) is 5.50. The molecule has 0 bridgehead atoms. The molecule has 0 spiro atoms. The van der Waals surface area contributed by atoms with Gasteiger partial charge in [-0.2, -0.15) is 26.3 Å². The Labute approximate surface area is 284 Å². The zero-order chi connectivity index (χ0) is 34.6. The summed E-state index contributed by atoms with van der Waals surface area (Å²) in [7, 11) is 0. The van der Waals surface area contributed by atoms with E-state index >= 15 is 0 Å². The van der Waals surface area contributed by atoms with E-state index < -0.39 is 23.5 Å². The Morgan fingerprint density at radius 3 is 1.38 bits per heavy atom. The van der Waals surface area contributed by atoms with Crippen molar-refractivity contribution in [2.75, 3.05) is 9.80 Å². The van der Waals surface area contributed by atoms with Crippen molar-refractivity contribution in [1.29, 1.82) is 0 Å². The lowest BCUT2D eigenvalue weighted by Crippen LogP contribution is -2.21. The van der Waals surface area contributed by atoms with Gasteiger partial charge in [0.2, 0.25) is 0 Å². The van der Waals surface area contributed by atoms with Crippen molar-refractivity contribution in [1.82, 2.24) is 0 Å². The fourth-order valence-electron chi connectivity index (χ4n) is 7.05. The van der Waals surface area contributed by atoms with Crippen molar-refractivity contribution in [3.05, 3.63) is 162 Å². The van der Waals surface area contributed by atoms with Crippen molar-refractivity contribution in [3.63, 3.8) is 0 Å². The molecule has 1 aliphatic rings. The topological polar surface area (TPSA) is 6.48 Å². The molecular weight excluding hydrogens is 646 g/mol. The van der Waals surface area contributed by atoms with Crippen LogP contribution < -0.4 is 9.80 Å². The fourth-order valence-corrected chi connectivity index (χ4v) is 7.05. The molecule has 0 heterocycles. The smallest absolute Gasteiger partial charge is 0.314 e. The summed E-state index contributed by atoms with van der Waals surface area (Å²) in [6, 6.07) is 40.5. The van der Waals surface area contributed by atoms with E-state index in [2.05, 4.69) is 6.07 Å². The maximum absolute atomic E-state index is 13.6. The van der Waals surface area contributed by atoms with E-state index in [1.54, 1.807) is 6.08 Å². The summed E-state index contributed by atoms with van der Waals surface area (Å²) >= 11 is 0. The number of para-hydroxylation sites is 2. The number of hydrogen-bond donors (Lipinski definition) is 0. The van der Waals surface area contributed by atoms with E-state index in [-0.39, 0.29) is 12.8 Å². The van der Waals surface area contributed by atoms with Crippen LogP contribution in [0.15, 0.2) is 157 Å². The van der Waals surface area contributed by atoms with Gasteiger partial charge in [-0.05, 0) is 101 Å². The van der Waals surface area contributed by atoms with Crippen LogP contribution in [0, 0.1) is 0 Å². The highest BCUT2D eigenvalue weighted by atomic mass is 19.4. The molecule has 7 aromatic rings. The van der Waals surface area contributed by atoms with Crippen LogP contribution in [0.25, 0.3) is 32.3 Å². The number of rotatable bonds is 6. The largest absolute Gasteiger partial charge is 0.416 e. The molecule has 0 amide bonds. The van der Waals surface area contributed by atoms with Crippen molar-refractivity contribution in [2.24, 2.45) is 0 Å². The second-order valence-electron chi connectivity index (χ2n) is 12.3. The molecule has 0 radical (unpaired) electrons. The van der Waals surface area contributed by atoms with Gasteiger partial charge >= 0.3 is 12.4 Å². The maximum atomic E-state index is 13.6. The standard InChI is InChI=1S/C42H28F6N2/c43-41(44,45)29-15-19-33(20-16-29)49(31-7-3-1-4-8-31)37-25-13-27-12-24-36-38(26-14-28-11-23-35(37)39(27)40(28)36)50(32-9-5-2-6-10-32)34-21-17-30(18-22-34)42(46,47)48/h1-17,19-21,23-26H,18,22H2. The van der Waals surface area contributed by atoms with Crippen molar-refractivity contribution in [2.45, 2.75) is 25.2 Å². The molecule has 0 fully saturated rings. The van der Waals surface area contributed by atoms with E-state index in [1.165, 1.54) is 18.2 Å². The van der Waals surface area contributed by atoms with Crippen LogP contribution in [0.1, 0.15) is 18.4 Å². The van der Waals surface area contributed by atoms with Crippen molar-refractivity contribution >= 4 is 60.8 Å². The van der Waals surface area contributed by atoms with Gasteiger partial charge in [-0.3, -0.25) is 0 Å². The monoisotopic (exact) mass is 674 g/mol. The lowest BCUT2D eigenvalue weighted by molar-refractivity contribution is -0.137. The van der Waals surface area contributed by atoms with Gasteiger partial charge in [0, 0.05) is 39.1 Å². The number of hydrogen-bond acceptors (Lipinski definition) is 2. The quantitative estimate of drug-likeness (QED) is 0.128. The van der Waals surface area contributed by atoms with Crippen molar-refractivity contribution in [3.8, 4) is 0 Å². The predicted molar refractivity (Wildman–Crippen MR) is 190 cm³/mol. The van der Waals surface area contributed by atoms with Gasteiger partial charge in [-0.1, -0.05) is 78.9 Å². The predicted octanol–water partition coefficient (Wildman–Crippen LogP) is 13.4. The summed E-state index contributed by atoms with van der Waals surface area (Å²) in [6.07, 6.45) is -6.00. The summed E-state index contributed by atoms with van der Waals surface area (Å²) in [4.78, 5) is 4.00. The van der Waals surface area contributed by atoms with Crippen molar-refractivity contribution < 1.29 is 26.3 Å². The molecule has 0 atom stereocenters. The Bertz CT molecular complexity index is 2390. The van der Waals surface area contributed by atoms with Crippen LogP contribution >= 0.6 is 0 Å². The third-order valence-electron chi connectivity index (χ3n) is 9.36. The Morgan fingerprint density at radius 2 is 0.900 bits per heavy atom. The molecule has 0 N–H and O–H groups in total. The number of alkyl halides is 6. The van der Waals surface area contributed by atoms with Crippen LogP contribution in [0.3, 0.4) is 0 Å². The summed E-state index contributed by atoms with van der Waals surface area (Å²) < 4.78 is 81.3. The lowest BCUT2D eigenvalue weighted by Gasteiger charge is -2.32. The highest BCUT2D eigenvalue weighted by molar-refractivity contribution is 6.28. The highest BCUT2D eigenvalue weighted by Crippen LogP contribution is 2.47. The molecule has 0 aromatic heterocycles. The minimum atomic E-state index is -4.46. The van der Waals surface area contributed by atoms with Crippen LogP contribution in [0.2, 0.25) is 0 Å². The summed E-state index contributed by atoms with van der Waals surface area (Å²) in [5, 5.41) is 5.78. The molecule has 8 heteroatoms. The number of anilines is 5. The van der Waals surface area contributed by atoms with E-state index in [4.69, 9.17) is 0 Å². The second-order valence-corrected chi connectivity index (χ2v) is 12.3. The molecule has 248 valence electrons. The first-order valence-corrected chi connectivity index (χ1v) is 16.1. The molecular formula is C42H28F6N2. The summed E-state index contributed by atoms with van der Waals surface area (Å²) in [5.74, 6) is 0. The zero-order valence-corrected chi connectivity index (χ0v) is 26.4. The molecule has 7 aromatic carbocycles. The Hall–Kier alpha value is -5.76. The zero-order valence-electron chi connectivity index (χ0n) is 26.4. The molecule has 0 saturated heterocycles. The first kappa shape index (κ1) is 31.5. The van der Waals surface area contributed by atoms with Gasteiger partial charge < -0.3 is 9.80 Å². The van der Waals surface area contributed by atoms with Gasteiger partial charge in [0.25, 0.3) is 0 Å². The van der Waals surface area contributed by atoms with E-state index in [9.17, 15) is 26.3 Å². The molecule has 0 unspecified atom stereocenters. The minimum absolute atomic E-state index is 0.118. The fraction of sp³-hybridized carbons (Fsp3) is 0.0952. The lowest BCUT2D eigenvalue weighted by atomic mass is 9.91. The number of nitrogens with zero attached hydrogens (tertiary/aromatic N) is 2. The molecule has 1 aliphatic carbocycles. The second kappa shape index (κ2) is 12.0. The first-order valence-electron chi connectivity index (χ1n) is 16.1. The van der Waals surface area contributed by atoms with Gasteiger partial charge in [-0.25, -0.2) is 0 Å². The van der Waals surface area contributed by atoms with Gasteiger partial charge in [-0.15, -0.1) is 0 Å². The van der Waals surface area contributed by atoms with Crippen LogP contribution in [0.5, 0.6) is 0 Å². The maximum Gasteiger partial charge on any atom is 0.416 e. The number of benzene rings is 7. The van der Waals surface area contributed by atoms with Gasteiger partial charge in [0.1, 0.15) is 0 Å². The average Bonchev–Trinajstić information content (AvgIpc) is 3.12. The molecule has 0 saturated carbocycles. The highest BCUT2D eigenvalue weighted by Gasteiger charge is 2.35. The Balaban J connectivity index is 1.35.